The van der Waals surface area contributed by atoms with Gasteiger partial charge in [0.05, 0.1) is 42.8 Å². The second kappa shape index (κ2) is 15.2. The summed E-state index contributed by atoms with van der Waals surface area (Å²) in [5.74, 6) is -2.95. The van der Waals surface area contributed by atoms with Crippen molar-refractivity contribution >= 4 is 45.8 Å². The molecular weight excluding hydrogens is 687 g/mol. The maximum atomic E-state index is 14.4. The third kappa shape index (κ3) is 7.99. The van der Waals surface area contributed by atoms with Gasteiger partial charge < -0.3 is 14.4 Å². The number of cyclic esters (lactones) is 1. The van der Waals surface area contributed by atoms with Gasteiger partial charge >= 0.3 is 12.1 Å². The lowest BCUT2D eigenvalue weighted by Gasteiger charge is -2.29. The molecule has 0 aromatic heterocycles. The molecule has 6 aliphatic rings. The number of ether oxygens (including phenoxy) is 2. The summed E-state index contributed by atoms with van der Waals surface area (Å²) < 4.78 is 39.5. The molecule has 1 N–H and O–H groups in total. The molecule has 1 saturated heterocycles. The highest BCUT2D eigenvalue weighted by molar-refractivity contribution is 7.90. The number of esters is 1. The van der Waals surface area contributed by atoms with Crippen molar-refractivity contribution in [2.75, 3.05) is 13.2 Å². The number of benzene rings is 1. The number of nitrogens with one attached hydrogen (secondary N) is 1. The van der Waals surface area contributed by atoms with E-state index in [1.165, 1.54) is 4.90 Å². The zero-order chi connectivity index (χ0) is 36.5. The molecule has 5 bridgehead atoms. The van der Waals surface area contributed by atoms with Crippen LogP contribution in [-0.4, -0.2) is 78.4 Å². The van der Waals surface area contributed by atoms with Gasteiger partial charge in [-0.15, -0.1) is 0 Å². The molecule has 7 rings (SSSR count). The normalized spacial score (nSPS) is 31.8. The van der Waals surface area contributed by atoms with E-state index in [0.29, 0.717) is 51.6 Å². The summed E-state index contributed by atoms with van der Waals surface area (Å²) in [7, 11) is -3.84. The number of hydrogen-bond acceptors (Lipinski definition) is 9. The Hall–Kier alpha value is -4.00. The van der Waals surface area contributed by atoms with Crippen molar-refractivity contribution in [3.8, 4) is 0 Å². The first-order chi connectivity index (χ1) is 25.0. The number of rotatable bonds is 3. The number of amides is 3. The maximum Gasteiger partial charge on any atom is 0.410 e. The van der Waals surface area contributed by atoms with Crippen LogP contribution >= 0.6 is 0 Å². The van der Waals surface area contributed by atoms with Gasteiger partial charge in [0.15, 0.2) is 5.78 Å². The predicted octanol–water partition coefficient (Wildman–Crippen LogP) is 4.95. The Bertz CT molecular complexity index is 1770. The largest absolute Gasteiger partial charge is 0.466 e. The molecule has 5 atom stereocenters. The van der Waals surface area contributed by atoms with Crippen molar-refractivity contribution in [1.29, 1.82) is 0 Å². The smallest absolute Gasteiger partial charge is 0.410 e. The van der Waals surface area contributed by atoms with Crippen molar-refractivity contribution in [2.24, 2.45) is 17.3 Å². The highest BCUT2D eigenvalue weighted by atomic mass is 32.2. The molecule has 1 aromatic rings. The number of carbonyl (C=O) groups is 5. The molecule has 0 unspecified atom stereocenters. The SMILES string of the molecule is O=C1C[C@H]2CCCCC/C=C\[C@@H]3C[C@@]3(C(=O)NS(=O)(=O)C3CC3)CC(=O)[C@@H]3C[C@H](CN3C2=O)OC(=O)N2Cc3cccc(c3C2)/C=C/CCCCO1. The van der Waals surface area contributed by atoms with E-state index in [4.69, 9.17) is 9.47 Å². The molecule has 2 aliphatic carbocycles. The lowest BCUT2D eigenvalue weighted by atomic mass is 9.90. The van der Waals surface area contributed by atoms with E-state index in [1.54, 1.807) is 4.90 Å². The summed E-state index contributed by atoms with van der Waals surface area (Å²) in [4.78, 5) is 72.2. The number of ketones is 1. The second-order valence-corrected chi connectivity index (χ2v) is 17.4. The van der Waals surface area contributed by atoms with Crippen molar-refractivity contribution in [3.63, 3.8) is 0 Å². The van der Waals surface area contributed by atoms with Crippen molar-refractivity contribution in [2.45, 2.75) is 120 Å². The molecule has 13 heteroatoms. The van der Waals surface area contributed by atoms with E-state index in [2.05, 4.69) is 16.9 Å². The third-order valence-corrected chi connectivity index (χ3v) is 13.4. The Balaban J connectivity index is 1.17. The van der Waals surface area contributed by atoms with Crippen LogP contribution in [0.25, 0.3) is 6.08 Å². The lowest BCUT2D eigenvalue weighted by molar-refractivity contribution is -0.150. The number of fused-ring (bicyclic) bond motifs is 4. The molecule has 0 spiro atoms. The van der Waals surface area contributed by atoms with Crippen LogP contribution in [0.1, 0.15) is 107 Å². The van der Waals surface area contributed by atoms with Crippen LogP contribution in [0, 0.1) is 17.3 Å². The van der Waals surface area contributed by atoms with Crippen LogP contribution in [0.4, 0.5) is 4.79 Å². The molecule has 3 fully saturated rings. The van der Waals surface area contributed by atoms with E-state index < -0.39 is 56.7 Å². The molecular formula is C39H49N3O9S. The van der Waals surface area contributed by atoms with Crippen LogP contribution in [0.15, 0.2) is 36.4 Å². The molecule has 1 aromatic carbocycles. The molecule has 3 amide bonds. The fourth-order valence-corrected chi connectivity index (χ4v) is 9.68. The highest BCUT2D eigenvalue weighted by Gasteiger charge is 2.61. The summed E-state index contributed by atoms with van der Waals surface area (Å²) >= 11 is 0. The summed E-state index contributed by atoms with van der Waals surface area (Å²) in [6, 6.07) is 4.97. The third-order valence-electron chi connectivity index (χ3n) is 11.6. The van der Waals surface area contributed by atoms with Crippen molar-refractivity contribution in [1.82, 2.24) is 14.5 Å². The summed E-state index contributed by atoms with van der Waals surface area (Å²) in [5, 5.41) is -0.598. The average molecular weight is 736 g/mol. The zero-order valence-electron chi connectivity index (χ0n) is 29.6. The predicted molar refractivity (Wildman–Crippen MR) is 191 cm³/mol. The fraction of sp³-hybridized carbons (Fsp3) is 0.615. The van der Waals surface area contributed by atoms with Gasteiger partial charge in [0.25, 0.3) is 0 Å². The van der Waals surface area contributed by atoms with Gasteiger partial charge in [-0.3, -0.25) is 28.8 Å². The minimum absolute atomic E-state index is 0.0279. The van der Waals surface area contributed by atoms with Crippen molar-refractivity contribution in [3.05, 3.63) is 53.1 Å². The van der Waals surface area contributed by atoms with Crippen LogP contribution in [0.2, 0.25) is 0 Å². The van der Waals surface area contributed by atoms with E-state index in [-0.39, 0.29) is 50.0 Å². The highest BCUT2D eigenvalue weighted by Crippen LogP contribution is 2.57. The standard InChI is InChI=1S/C39H49N3O9S/c43-34-22-39(37(46)40-52(48,49)31-16-17-31)21-29(39)15-8-3-1-2-7-12-27-19-35(44)50-18-9-5-4-6-11-26-13-10-14-28-23-41(25-32(26)28)38(47)51-30-20-33(34)42(24-30)36(27)45/h6,8,10-11,13-15,27,29-31,33H,1-5,7,9,12,16-25H2,(H,40,46)/b11-6+,15-8-/t27-,29-,30-,33+,39-/m1/s1. The number of hydrogen-bond donors (Lipinski definition) is 1. The van der Waals surface area contributed by atoms with Gasteiger partial charge in [-0.05, 0) is 80.4 Å². The Morgan fingerprint density at radius 2 is 1.75 bits per heavy atom. The summed E-state index contributed by atoms with van der Waals surface area (Å²) in [6.45, 7) is 0.978. The molecule has 4 heterocycles. The Morgan fingerprint density at radius 1 is 0.942 bits per heavy atom. The molecule has 12 nitrogen and oxygen atoms in total. The van der Waals surface area contributed by atoms with Gasteiger partial charge in [-0.2, -0.15) is 0 Å². The molecule has 4 aliphatic heterocycles. The van der Waals surface area contributed by atoms with E-state index >= 15 is 0 Å². The minimum atomic E-state index is -3.84. The zero-order valence-corrected chi connectivity index (χ0v) is 30.4. The lowest BCUT2D eigenvalue weighted by Crippen LogP contribution is -2.46. The average Bonchev–Trinajstić information content (AvgIpc) is 3.99. The van der Waals surface area contributed by atoms with Crippen LogP contribution in [0.3, 0.4) is 0 Å². The molecule has 2 saturated carbocycles. The first-order valence-corrected chi connectivity index (χ1v) is 20.5. The minimum Gasteiger partial charge on any atom is -0.466 e. The maximum absolute atomic E-state index is 14.4. The van der Waals surface area contributed by atoms with Crippen molar-refractivity contribution < 1.29 is 41.9 Å². The van der Waals surface area contributed by atoms with E-state index in [1.807, 2.05) is 30.4 Å². The Labute approximate surface area is 305 Å². The monoisotopic (exact) mass is 735 g/mol. The van der Waals surface area contributed by atoms with Gasteiger partial charge in [-0.1, -0.05) is 55.3 Å². The Kier molecular flexibility index (Phi) is 10.6. The molecule has 280 valence electrons. The van der Waals surface area contributed by atoms with Gasteiger partial charge in [0.1, 0.15) is 6.10 Å². The van der Waals surface area contributed by atoms with Gasteiger partial charge in [0, 0.05) is 25.3 Å². The van der Waals surface area contributed by atoms with E-state index in [9.17, 15) is 32.4 Å². The number of Topliss-reactive ketones (excluding diaryl/α,β-unsaturated/α-hetero) is 1. The van der Waals surface area contributed by atoms with Crippen LogP contribution in [-0.2, 0) is 51.8 Å². The fourth-order valence-electron chi connectivity index (χ4n) is 8.29. The second-order valence-electron chi connectivity index (χ2n) is 15.5. The molecule has 0 radical (unpaired) electrons. The number of allylic oxidation sites excluding steroid dienone is 3. The first-order valence-electron chi connectivity index (χ1n) is 19.0. The molecule has 52 heavy (non-hydrogen) atoms. The Morgan fingerprint density at radius 3 is 2.58 bits per heavy atom. The number of sulfonamides is 1. The first kappa shape index (κ1) is 36.4. The number of nitrogens with zero attached hydrogens (tertiary/aromatic N) is 2. The van der Waals surface area contributed by atoms with E-state index in [0.717, 1.165) is 48.8 Å². The van der Waals surface area contributed by atoms with Gasteiger partial charge in [-0.25, -0.2) is 13.2 Å². The van der Waals surface area contributed by atoms with Crippen LogP contribution in [0.5, 0.6) is 0 Å². The van der Waals surface area contributed by atoms with Crippen LogP contribution < -0.4 is 4.72 Å². The topological polar surface area (TPSA) is 156 Å². The quantitative estimate of drug-likeness (QED) is 0.335. The number of carbonyl (C=O) groups excluding carboxylic acids is 5. The van der Waals surface area contributed by atoms with Gasteiger partial charge in [0.2, 0.25) is 21.8 Å². The summed E-state index contributed by atoms with van der Waals surface area (Å²) in [5.41, 5.74) is 1.86. The summed E-state index contributed by atoms with van der Waals surface area (Å²) in [6.07, 6.45) is 13.5.